The summed E-state index contributed by atoms with van der Waals surface area (Å²) in [5.74, 6) is -0.722. The van der Waals surface area contributed by atoms with Gasteiger partial charge in [0.2, 0.25) is 5.91 Å². The van der Waals surface area contributed by atoms with E-state index in [4.69, 9.17) is 5.11 Å². The Hall–Kier alpha value is -3.66. The van der Waals surface area contributed by atoms with Crippen LogP contribution in [0.2, 0.25) is 0 Å². The van der Waals surface area contributed by atoms with E-state index in [-0.39, 0.29) is 35.1 Å². The molecule has 0 bridgehead atoms. The fraction of sp³-hybridized carbons (Fsp3) is 0.292. The van der Waals surface area contributed by atoms with Crippen molar-refractivity contribution in [3.63, 3.8) is 0 Å². The highest BCUT2D eigenvalue weighted by Gasteiger charge is 2.25. The fourth-order valence-electron chi connectivity index (χ4n) is 3.20. The number of carboxylic acids is 1. The summed E-state index contributed by atoms with van der Waals surface area (Å²) >= 11 is 1.22. The zero-order valence-corrected chi connectivity index (χ0v) is 20.2. The van der Waals surface area contributed by atoms with E-state index < -0.39 is 5.97 Å². The molecule has 34 heavy (non-hydrogen) atoms. The Kier molecular flexibility index (Phi) is 8.06. The number of aromatic nitrogens is 3. The number of amides is 2. The molecule has 0 aliphatic heterocycles. The second kappa shape index (κ2) is 11.0. The molecule has 2 aromatic carbocycles. The van der Waals surface area contributed by atoms with E-state index in [2.05, 4.69) is 20.8 Å². The molecule has 1 atom stereocenters. The third-order valence-electron chi connectivity index (χ3n) is 5.16. The number of carboxylic acid groups (broad SMARTS) is 1. The highest BCUT2D eigenvalue weighted by molar-refractivity contribution is 7.99. The first-order valence-electron chi connectivity index (χ1n) is 10.7. The van der Waals surface area contributed by atoms with Gasteiger partial charge in [-0.1, -0.05) is 43.3 Å². The standard InChI is InChI=1S/C24H27N5O4S/c1-14(2)20(26-22(31)16-7-5-15(3)6-8-16)21-27-28-24(29(21)4)34-13-19(30)25-18-11-9-17(10-12-18)23(32)33/h5-12,14,20H,13H2,1-4H3,(H,25,30)(H,26,31)(H,32,33)/t20-/m1/s1. The SMILES string of the molecule is Cc1ccc(C(=O)N[C@@H](c2nnc(SCC(=O)Nc3ccc(C(=O)O)cc3)n2C)C(C)C)cc1. The minimum Gasteiger partial charge on any atom is -0.478 e. The molecule has 0 radical (unpaired) electrons. The predicted octanol–water partition coefficient (Wildman–Crippen LogP) is 3.68. The van der Waals surface area contributed by atoms with Crippen molar-refractivity contribution >= 4 is 35.2 Å². The lowest BCUT2D eigenvalue weighted by Gasteiger charge is -2.21. The highest BCUT2D eigenvalue weighted by Crippen LogP contribution is 2.24. The molecule has 0 aliphatic carbocycles. The number of anilines is 1. The normalized spacial score (nSPS) is 11.8. The van der Waals surface area contributed by atoms with Crippen molar-refractivity contribution < 1.29 is 19.5 Å². The van der Waals surface area contributed by atoms with Crippen LogP contribution in [0.25, 0.3) is 0 Å². The van der Waals surface area contributed by atoms with E-state index in [1.807, 2.05) is 32.9 Å². The second-order valence-electron chi connectivity index (χ2n) is 8.18. The smallest absolute Gasteiger partial charge is 0.335 e. The van der Waals surface area contributed by atoms with Crippen LogP contribution in [0.3, 0.4) is 0 Å². The largest absolute Gasteiger partial charge is 0.478 e. The molecule has 0 unspecified atom stereocenters. The maximum atomic E-state index is 12.7. The number of hydrogen-bond acceptors (Lipinski definition) is 6. The van der Waals surface area contributed by atoms with Gasteiger partial charge >= 0.3 is 5.97 Å². The number of carbonyl (C=O) groups is 3. The van der Waals surface area contributed by atoms with Crippen molar-refractivity contribution in [2.45, 2.75) is 32.0 Å². The third kappa shape index (κ3) is 6.22. The predicted molar refractivity (Wildman–Crippen MR) is 130 cm³/mol. The van der Waals surface area contributed by atoms with Gasteiger partial charge in [-0.25, -0.2) is 4.79 Å². The topological polar surface area (TPSA) is 126 Å². The molecular formula is C24H27N5O4S. The lowest BCUT2D eigenvalue weighted by atomic mass is 10.0. The number of thioether (sulfide) groups is 1. The number of hydrogen-bond donors (Lipinski definition) is 3. The summed E-state index contributed by atoms with van der Waals surface area (Å²) in [5, 5.41) is 23.7. The van der Waals surface area contributed by atoms with Crippen LogP contribution in [0.5, 0.6) is 0 Å². The molecule has 1 heterocycles. The third-order valence-corrected chi connectivity index (χ3v) is 6.18. The Labute approximate surface area is 202 Å². The molecule has 3 N–H and O–H groups in total. The number of aromatic carboxylic acids is 1. The van der Waals surface area contributed by atoms with Gasteiger partial charge in [-0.3, -0.25) is 9.59 Å². The Bertz CT molecular complexity index is 1170. The molecule has 178 valence electrons. The van der Waals surface area contributed by atoms with Gasteiger partial charge in [0.1, 0.15) is 0 Å². The van der Waals surface area contributed by atoms with Crippen molar-refractivity contribution in [3.8, 4) is 0 Å². The first-order chi connectivity index (χ1) is 16.2. The minimum atomic E-state index is -1.03. The van der Waals surface area contributed by atoms with Gasteiger partial charge in [-0.05, 0) is 49.2 Å². The Morgan fingerprint density at radius 3 is 2.21 bits per heavy atom. The minimum absolute atomic E-state index is 0.0622. The number of rotatable bonds is 9. The number of carbonyl (C=O) groups excluding carboxylic acids is 2. The highest BCUT2D eigenvalue weighted by atomic mass is 32.2. The van der Waals surface area contributed by atoms with Crippen molar-refractivity contribution in [2.75, 3.05) is 11.1 Å². The molecule has 3 rings (SSSR count). The molecule has 9 nitrogen and oxygen atoms in total. The number of aryl methyl sites for hydroxylation is 1. The van der Waals surface area contributed by atoms with E-state index in [0.717, 1.165) is 5.56 Å². The molecule has 0 saturated carbocycles. The van der Waals surface area contributed by atoms with Crippen LogP contribution in [0.15, 0.2) is 53.7 Å². The summed E-state index contributed by atoms with van der Waals surface area (Å²) < 4.78 is 1.78. The summed E-state index contributed by atoms with van der Waals surface area (Å²) in [7, 11) is 1.80. The monoisotopic (exact) mass is 481 g/mol. The Morgan fingerprint density at radius 2 is 1.62 bits per heavy atom. The molecule has 0 aliphatic rings. The van der Waals surface area contributed by atoms with Gasteiger partial charge in [0.05, 0.1) is 17.4 Å². The van der Waals surface area contributed by atoms with Crippen LogP contribution in [-0.4, -0.2) is 43.4 Å². The summed E-state index contributed by atoms with van der Waals surface area (Å²) in [6, 6.07) is 12.9. The van der Waals surface area contributed by atoms with Gasteiger partial charge in [0, 0.05) is 18.3 Å². The summed E-state index contributed by atoms with van der Waals surface area (Å²) in [5.41, 5.74) is 2.30. The molecule has 0 spiro atoms. The van der Waals surface area contributed by atoms with Gasteiger partial charge < -0.3 is 20.3 Å². The molecular weight excluding hydrogens is 454 g/mol. The van der Waals surface area contributed by atoms with Crippen molar-refractivity contribution in [3.05, 3.63) is 71.0 Å². The Morgan fingerprint density at radius 1 is 1.00 bits per heavy atom. The van der Waals surface area contributed by atoms with Crippen LogP contribution in [-0.2, 0) is 11.8 Å². The zero-order chi connectivity index (χ0) is 24.8. The maximum absolute atomic E-state index is 12.7. The quantitative estimate of drug-likeness (QED) is 0.398. The van der Waals surface area contributed by atoms with E-state index in [1.54, 1.807) is 23.7 Å². The summed E-state index contributed by atoms with van der Waals surface area (Å²) in [4.78, 5) is 36.0. The summed E-state index contributed by atoms with van der Waals surface area (Å²) in [6.07, 6.45) is 0. The molecule has 0 fully saturated rings. The zero-order valence-electron chi connectivity index (χ0n) is 19.4. The van der Waals surface area contributed by atoms with E-state index in [9.17, 15) is 14.4 Å². The van der Waals surface area contributed by atoms with Gasteiger partial charge in [0.15, 0.2) is 11.0 Å². The van der Waals surface area contributed by atoms with Crippen molar-refractivity contribution in [1.82, 2.24) is 20.1 Å². The van der Waals surface area contributed by atoms with E-state index >= 15 is 0 Å². The van der Waals surface area contributed by atoms with Crippen LogP contribution in [0.1, 0.15) is 52.0 Å². The lowest BCUT2D eigenvalue weighted by Crippen LogP contribution is -2.33. The van der Waals surface area contributed by atoms with E-state index in [1.165, 1.54) is 36.0 Å². The number of nitrogens with one attached hydrogen (secondary N) is 2. The number of nitrogens with zero attached hydrogens (tertiary/aromatic N) is 3. The van der Waals surface area contributed by atoms with Gasteiger partial charge in [-0.15, -0.1) is 10.2 Å². The van der Waals surface area contributed by atoms with E-state index in [0.29, 0.717) is 22.2 Å². The molecule has 10 heteroatoms. The van der Waals surface area contributed by atoms with Gasteiger partial charge in [0.25, 0.3) is 5.91 Å². The maximum Gasteiger partial charge on any atom is 0.335 e. The average molecular weight is 482 g/mol. The fourth-order valence-corrected chi connectivity index (χ4v) is 3.92. The van der Waals surface area contributed by atoms with Crippen LogP contribution < -0.4 is 10.6 Å². The molecule has 2 amide bonds. The first kappa shape index (κ1) is 25.0. The second-order valence-corrected chi connectivity index (χ2v) is 9.12. The lowest BCUT2D eigenvalue weighted by molar-refractivity contribution is -0.113. The Balaban J connectivity index is 1.63. The average Bonchev–Trinajstić information content (AvgIpc) is 3.16. The van der Waals surface area contributed by atoms with Crippen LogP contribution in [0, 0.1) is 12.8 Å². The molecule has 0 saturated heterocycles. The number of benzene rings is 2. The molecule has 3 aromatic rings. The van der Waals surface area contributed by atoms with Gasteiger partial charge in [-0.2, -0.15) is 0 Å². The van der Waals surface area contributed by atoms with Crippen molar-refractivity contribution in [1.29, 1.82) is 0 Å². The van der Waals surface area contributed by atoms with Crippen LogP contribution >= 0.6 is 11.8 Å². The first-order valence-corrected chi connectivity index (χ1v) is 11.7. The summed E-state index contributed by atoms with van der Waals surface area (Å²) in [6.45, 7) is 5.95. The van der Waals surface area contributed by atoms with Crippen molar-refractivity contribution in [2.24, 2.45) is 13.0 Å². The van der Waals surface area contributed by atoms with Crippen LogP contribution in [0.4, 0.5) is 5.69 Å². The molecule has 1 aromatic heterocycles.